The predicted molar refractivity (Wildman–Crippen MR) is 75.3 cm³/mol. The maximum absolute atomic E-state index is 6.06. The van der Waals surface area contributed by atoms with E-state index in [1.165, 1.54) is 25.7 Å². The van der Waals surface area contributed by atoms with Gasteiger partial charge < -0.3 is 10.6 Å². The smallest absolute Gasteiger partial charge is 0.192 e. The van der Waals surface area contributed by atoms with Crippen molar-refractivity contribution in [3.63, 3.8) is 0 Å². The summed E-state index contributed by atoms with van der Waals surface area (Å²) in [6, 6.07) is 4.86. The molecule has 1 saturated carbocycles. The molecule has 5 heteroatoms. The second-order valence-corrected chi connectivity index (χ2v) is 5.88. The number of aliphatic imine (C=N–C) groups is 1. The van der Waals surface area contributed by atoms with Gasteiger partial charge in [-0.1, -0.05) is 12.8 Å². The van der Waals surface area contributed by atoms with Gasteiger partial charge >= 0.3 is 0 Å². The highest BCUT2D eigenvalue weighted by Crippen LogP contribution is 2.33. The fourth-order valence-electron chi connectivity index (χ4n) is 2.95. The molecular formula is C13H17BrN4. The third kappa shape index (κ3) is 2.11. The summed E-state index contributed by atoms with van der Waals surface area (Å²) in [6.45, 7) is 0.733. The molecule has 1 aliphatic heterocycles. The number of nitrogens with two attached hydrogens (primary N) is 1. The van der Waals surface area contributed by atoms with Gasteiger partial charge in [-0.05, 0) is 40.9 Å². The number of rotatable bonds is 2. The van der Waals surface area contributed by atoms with E-state index >= 15 is 0 Å². The molecule has 2 N–H and O–H groups in total. The fraction of sp³-hybridized carbons (Fsp3) is 0.538. The molecule has 2 aliphatic rings. The second kappa shape index (κ2) is 4.88. The van der Waals surface area contributed by atoms with Crippen molar-refractivity contribution >= 4 is 21.9 Å². The van der Waals surface area contributed by atoms with Crippen molar-refractivity contribution in [2.75, 3.05) is 6.54 Å². The van der Waals surface area contributed by atoms with Crippen LogP contribution >= 0.6 is 15.9 Å². The van der Waals surface area contributed by atoms with Gasteiger partial charge in [-0.25, -0.2) is 0 Å². The number of pyridine rings is 1. The molecule has 0 radical (unpaired) electrons. The van der Waals surface area contributed by atoms with Crippen LogP contribution in [0.2, 0.25) is 0 Å². The molecule has 1 aromatic heterocycles. The largest absolute Gasteiger partial charge is 0.370 e. The van der Waals surface area contributed by atoms with Gasteiger partial charge in [0, 0.05) is 16.7 Å². The monoisotopic (exact) mass is 308 g/mol. The summed E-state index contributed by atoms with van der Waals surface area (Å²) in [5, 5.41) is 0. The van der Waals surface area contributed by atoms with Crippen molar-refractivity contribution in [1.29, 1.82) is 0 Å². The van der Waals surface area contributed by atoms with Crippen LogP contribution in [0.4, 0.5) is 0 Å². The summed E-state index contributed by atoms with van der Waals surface area (Å²) in [7, 11) is 0. The van der Waals surface area contributed by atoms with Gasteiger partial charge in [-0.3, -0.25) is 9.98 Å². The summed E-state index contributed by atoms with van der Waals surface area (Å²) in [4.78, 5) is 11.2. The summed E-state index contributed by atoms with van der Waals surface area (Å²) in [6.07, 6.45) is 6.90. The van der Waals surface area contributed by atoms with Crippen LogP contribution in [0.25, 0.3) is 0 Å². The lowest BCUT2D eigenvalue weighted by Gasteiger charge is -2.31. The third-order valence-electron chi connectivity index (χ3n) is 3.84. The zero-order chi connectivity index (χ0) is 12.5. The first kappa shape index (κ1) is 12.0. The summed E-state index contributed by atoms with van der Waals surface area (Å²) in [5.74, 6) is 0.691. The maximum Gasteiger partial charge on any atom is 0.192 e. The summed E-state index contributed by atoms with van der Waals surface area (Å²) in [5.41, 5.74) is 7.12. The Labute approximate surface area is 115 Å². The van der Waals surface area contributed by atoms with Crippen molar-refractivity contribution in [2.24, 2.45) is 10.7 Å². The zero-order valence-corrected chi connectivity index (χ0v) is 11.8. The molecule has 1 aromatic rings. The van der Waals surface area contributed by atoms with Gasteiger partial charge in [0.2, 0.25) is 0 Å². The Bertz CT molecular complexity index is 451. The Morgan fingerprint density at radius 3 is 2.72 bits per heavy atom. The molecule has 0 bridgehead atoms. The molecule has 0 saturated heterocycles. The molecule has 18 heavy (non-hydrogen) atoms. The van der Waals surface area contributed by atoms with E-state index in [0.717, 1.165) is 16.7 Å². The fourth-order valence-corrected chi connectivity index (χ4v) is 3.19. The number of guanidine groups is 1. The van der Waals surface area contributed by atoms with Gasteiger partial charge in [0.25, 0.3) is 0 Å². The van der Waals surface area contributed by atoms with Crippen molar-refractivity contribution in [3.05, 3.63) is 28.5 Å². The minimum absolute atomic E-state index is 0.223. The Hall–Kier alpha value is -1.10. The second-order valence-electron chi connectivity index (χ2n) is 4.96. The average molecular weight is 309 g/mol. The lowest BCUT2D eigenvalue weighted by Crippen LogP contribution is -2.42. The van der Waals surface area contributed by atoms with Crippen LogP contribution in [0.1, 0.15) is 37.4 Å². The molecule has 1 unspecified atom stereocenters. The summed E-state index contributed by atoms with van der Waals surface area (Å²) < 4.78 is 1.01. The SMILES string of the molecule is NC1=NCC(c2ccc(Br)cn2)N1C1CCCC1. The van der Waals surface area contributed by atoms with Crippen molar-refractivity contribution in [2.45, 2.75) is 37.8 Å². The quantitative estimate of drug-likeness (QED) is 0.913. The number of hydrogen-bond donors (Lipinski definition) is 1. The van der Waals surface area contributed by atoms with Crippen LogP contribution in [0, 0.1) is 0 Å². The number of aromatic nitrogens is 1. The first-order valence-corrected chi connectivity index (χ1v) is 7.25. The highest BCUT2D eigenvalue weighted by Gasteiger charge is 2.35. The van der Waals surface area contributed by atoms with Crippen LogP contribution < -0.4 is 5.73 Å². The molecule has 4 nitrogen and oxygen atoms in total. The molecule has 0 amide bonds. The highest BCUT2D eigenvalue weighted by atomic mass is 79.9. The molecule has 1 fully saturated rings. The van der Waals surface area contributed by atoms with Crippen LogP contribution in [-0.4, -0.2) is 28.4 Å². The molecule has 0 aromatic carbocycles. The van der Waals surface area contributed by atoms with E-state index in [9.17, 15) is 0 Å². The Morgan fingerprint density at radius 1 is 1.28 bits per heavy atom. The number of nitrogens with zero attached hydrogens (tertiary/aromatic N) is 3. The van der Waals surface area contributed by atoms with Gasteiger partial charge in [0.1, 0.15) is 0 Å². The summed E-state index contributed by atoms with van der Waals surface area (Å²) >= 11 is 3.42. The van der Waals surface area contributed by atoms with E-state index < -0.39 is 0 Å². The molecular weight excluding hydrogens is 292 g/mol. The lowest BCUT2D eigenvalue weighted by atomic mass is 10.1. The third-order valence-corrected chi connectivity index (χ3v) is 4.31. The minimum atomic E-state index is 0.223. The molecule has 3 rings (SSSR count). The lowest BCUT2D eigenvalue weighted by molar-refractivity contribution is 0.258. The van der Waals surface area contributed by atoms with Crippen molar-refractivity contribution < 1.29 is 0 Å². The van der Waals surface area contributed by atoms with Gasteiger partial charge in [-0.15, -0.1) is 0 Å². The maximum atomic E-state index is 6.06. The molecule has 0 spiro atoms. The van der Waals surface area contributed by atoms with Crippen LogP contribution in [0.15, 0.2) is 27.8 Å². The number of halogens is 1. The highest BCUT2D eigenvalue weighted by molar-refractivity contribution is 9.10. The van der Waals surface area contributed by atoms with Gasteiger partial charge in [-0.2, -0.15) is 0 Å². The minimum Gasteiger partial charge on any atom is -0.370 e. The zero-order valence-electron chi connectivity index (χ0n) is 10.2. The van der Waals surface area contributed by atoms with E-state index in [2.05, 4.69) is 36.9 Å². The molecule has 1 atom stereocenters. The topological polar surface area (TPSA) is 54.5 Å². The van der Waals surface area contributed by atoms with Crippen LogP contribution in [0.5, 0.6) is 0 Å². The molecule has 96 valence electrons. The van der Waals surface area contributed by atoms with Crippen LogP contribution in [0.3, 0.4) is 0 Å². The first-order valence-electron chi connectivity index (χ1n) is 6.45. The predicted octanol–water partition coefficient (Wildman–Crippen LogP) is 2.46. The van der Waals surface area contributed by atoms with E-state index in [4.69, 9.17) is 5.73 Å². The van der Waals surface area contributed by atoms with E-state index in [1.807, 2.05) is 12.3 Å². The number of hydrogen-bond acceptors (Lipinski definition) is 4. The van der Waals surface area contributed by atoms with E-state index in [1.54, 1.807) is 0 Å². The van der Waals surface area contributed by atoms with Crippen molar-refractivity contribution in [3.8, 4) is 0 Å². The first-order chi connectivity index (χ1) is 8.75. The van der Waals surface area contributed by atoms with Crippen molar-refractivity contribution in [1.82, 2.24) is 9.88 Å². The Kier molecular flexibility index (Phi) is 3.24. The normalized spacial score (nSPS) is 24.6. The standard InChI is InChI=1S/C13H17BrN4/c14-9-5-6-11(16-7-9)12-8-17-13(15)18(12)10-3-1-2-4-10/h5-7,10,12H,1-4,8H2,(H2,15,17). The average Bonchev–Trinajstić information content (AvgIpc) is 2.99. The molecule has 1 aliphatic carbocycles. The van der Waals surface area contributed by atoms with Gasteiger partial charge in [0.05, 0.1) is 18.3 Å². The Balaban J connectivity index is 1.85. The molecule has 2 heterocycles. The van der Waals surface area contributed by atoms with Crippen LogP contribution in [-0.2, 0) is 0 Å². The Morgan fingerprint density at radius 2 is 2.06 bits per heavy atom. The van der Waals surface area contributed by atoms with E-state index in [-0.39, 0.29) is 6.04 Å². The van der Waals surface area contributed by atoms with E-state index in [0.29, 0.717) is 12.0 Å². The van der Waals surface area contributed by atoms with Gasteiger partial charge in [0.15, 0.2) is 5.96 Å².